The van der Waals surface area contributed by atoms with Crippen LogP contribution in [0.2, 0.25) is 5.02 Å². The summed E-state index contributed by atoms with van der Waals surface area (Å²) < 4.78 is 15.2. The molecule has 7 nitrogen and oxygen atoms in total. The van der Waals surface area contributed by atoms with Crippen molar-refractivity contribution in [2.24, 2.45) is 0 Å². The number of nitro groups is 1. The van der Waals surface area contributed by atoms with E-state index in [0.717, 1.165) is 6.07 Å². The molecule has 0 fully saturated rings. The van der Waals surface area contributed by atoms with E-state index in [9.17, 15) is 25.4 Å². The standard InChI is InChI=1S/C29H18ClFN4O3/c30-24-15-21(22-9-3-6-12-28(22)35(37)38)16-25(31)23(24)13-14-29(36)34(26-10-4-1-7-19(26)17-32)27-11-5-2-8-20(27)18-33/h1-12,15-16H,13-14H2. The number of amides is 1. The molecular weight excluding hydrogens is 507 g/mol. The molecule has 4 aromatic carbocycles. The third-order valence-corrected chi connectivity index (χ3v) is 6.26. The van der Waals surface area contributed by atoms with Crippen LogP contribution in [-0.4, -0.2) is 10.8 Å². The molecule has 0 bridgehead atoms. The number of benzene rings is 4. The van der Waals surface area contributed by atoms with Gasteiger partial charge in [-0.1, -0.05) is 48.0 Å². The number of carbonyl (C=O) groups excluding carboxylic acids is 1. The smallest absolute Gasteiger partial charge is 0.277 e. The molecule has 0 N–H and O–H groups in total. The van der Waals surface area contributed by atoms with Crippen molar-refractivity contribution in [1.82, 2.24) is 0 Å². The van der Waals surface area contributed by atoms with Gasteiger partial charge in [0.25, 0.3) is 5.69 Å². The monoisotopic (exact) mass is 524 g/mol. The van der Waals surface area contributed by atoms with Crippen molar-refractivity contribution in [3.8, 4) is 23.3 Å². The van der Waals surface area contributed by atoms with E-state index in [4.69, 9.17) is 11.6 Å². The molecule has 0 aliphatic heterocycles. The number of nitrogens with zero attached hydrogens (tertiary/aromatic N) is 4. The van der Waals surface area contributed by atoms with Crippen molar-refractivity contribution in [1.29, 1.82) is 10.5 Å². The lowest BCUT2D eigenvalue weighted by atomic mass is 9.99. The molecule has 0 heterocycles. The highest BCUT2D eigenvalue weighted by Gasteiger charge is 2.24. The summed E-state index contributed by atoms with van der Waals surface area (Å²) in [5.74, 6) is -1.19. The van der Waals surface area contributed by atoms with Gasteiger partial charge >= 0.3 is 0 Å². The Bertz CT molecular complexity index is 1560. The first kappa shape index (κ1) is 26.0. The van der Waals surface area contributed by atoms with Gasteiger partial charge in [-0.05, 0) is 54.4 Å². The molecule has 4 rings (SSSR count). The Balaban J connectivity index is 1.68. The topological polar surface area (TPSA) is 111 Å². The summed E-state index contributed by atoms with van der Waals surface area (Å²) in [7, 11) is 0. The number of rotatable bonds is 7. The van der Waals surface area contributed by atoms with Gasteiger partial charge in [-0.3, -0.25) is 19.8 Å². The average Bonchev–Trinajstić information content (AvgIpc) is 2.93. The summed E-state index contributed by atoms with van der Waals surface area (Å²) in [4.78, 5) is 25.7. The lowest BCUT2D eigenvalue weighted by molar-refractivity contribution is -0.384. The predicted molar refractivity (Wildman–Crippen MR) is 141 cm³/mol. The van der Waals surface area contributed by atoms with Crippen LogP contribution in [0.4, 0.5) is 21.5 Å². The summed E-state index contributed by atoms with van der Waals surface area (Å²) in [6.07, 6.45) is -0.276. The Labute approximate surface area is 222 Å². The van der Waals surface area contributed by atoms with Gasteiger partial charge in [0.2, 0.25) is 5.91 Å². The number of carbonyl (C=O) groups is 1. The second-order valence-electron chi connectivity index (χ2n) is 8.18. The van der Waals surface area contributed by atoms with Crippen molar-refractivity contribution in [2.75, 3.05) is 4.90 Å². The van der Waals surface area contributed by atoms with Crippen LogP contribution in [0.5, 0.6) is 0 Å². The van der Waals surface area contributed by atoms with Crippen molar-refractivity contribution in [3.05, 3.63) is 123 Å². The minimum atomic E-state index is -0.708. The van der Waals surface area contributed by atoms with E-state index < -0.39 is 16.6 Å². The molecular formula is C29H18ClFN4O3. The van der Waals surface area contributed by atoms with Crippen molar-refractivity contribution >= 4 is 34.6 Å². The second-order valence-corrected chi connectivity index (χ2v) is 8.59. The zero-order chi connectivity index (χ0) is 27.2. The normalized spacial score (nSPS) is 10.3. The largest absolute Gasteiger partial charge is 0.278 e. The summed E-state index contributed by atoms with van der Waals surface area (Å²) in [5.41, 5.74) is 1.38. The van der Waals surface area contributed by atoms with E-state index in [-0.39, 0.29) is 51.4 Å². The summed E-state index contributed by atoms with van der Waals surface area (Å²) >= 11 is 6.39. The third-order valence-electron chi connectivity index (χ3n) is 5.92. The Morgan fingerprint density at radius 3 is 2.03 bits per heavy atom. The SMILES string of the molecule is N#Cc1ccccc1N(C(=O)CCc1c(F)cc(-c2ccccc2[N+](=O)[O-])cc1Cl)c1ccccc1C#N. The molecule has 0 unspecified atom stereocenters. The highest BCUT2D eigenvalue weighted by atomic mass is 35.5. The van der Waals surface area contributed by atoms with Gasteiger partial charge in [-0.25, -0.2) is 4.39 Å². The highest BCUT2D eigenvalue weighted by molar-refractivity contribution is 6.31. The lowest BCUT2D eigenvalue weighted by Gasteiger charge is -2.25. The van der Waals surface area contributed by atoms with Gasteiger partial charge in [0.05, 0.1) is 33.0 Å². The van der Waals surface area contributed by atoms with E-state index in [0.29, 0.717) is 11.4 Å². The van der Waals surface area contributed by atoms with Crippen LogP contribution in [0.1, 0.15) is 23.1 Å². The number of para-hydroxylation sites is 3. The zero-order valence-electron chi connectivity index (χ0n) is 19.8. The Morgan fingerprint density at radius 2 is 1.47 bits per heavy atom. The third kappa shape index (κ3) is 5.22. The fourth-order valence-electron chi connectivity index (χ4n) is 4.14. The van der Waals surface area contributed by atoms with Gasteiger partial charge in [-0.2, -0.15) is 10.5 Å². The molecule has 9 heteroatoms. The van der Waals surface area contributed by atoms with E-state index in [1.807, 2.05) is 0 Å². The van der Waals surface area contributed by atoms with E-state index in [2.05, 4.69) is 12.1 Å². The minimum Gasteiger partial charge on any atom is -0.278 e. The van der Waals surface area contributed by atoms with E-state index in [1.54, 1.807) is 54.6 Å². The first-order valence-corrected chi connectivity index (χ1v) is 11.8. The van der Waals surface area contributed by atoms with Crippen LogP contribution in [-0.2, 0) is 11.2 Å². The van der Waals surface area contributed by atoms with Crippen molar-refractivity contribution in [2.45, 2.75) is 12.8 Å². The maximum atomic E-state index is 15.2. The average molecular weight is 525 g/mol. The van der Waals surface area contributed by atoms with Crippen LogP contribution >= 0.6 is 11.6 Å². The molecule has 38 heavy (non-hydrogen) atoms. The molecule has 4 aromatic rings. The molecule has 0 saturated heterocycles. The van der Waals surface area contributed by atoms with Crippen LogP contribution < -0.4 is 4.90 Å². The fourth-order valence-corrected chi connectivity index (χ4v) is 4.45. The lowest BCUT2D eigenvalue weighted by Crippen LogP contribution is -2.27. The van der Waals surface area contributed by atoms with Gasteiger partial charge < -0.3 is 0 Å². The number of anilines is 2. The highest BCUT2D eigenvalue weighted by Crippen LogP contribution is 2.35. The predicted octanol–water partition coefficient (Wildman–Crippen LogP) is 7.10. The van der Waals surface area contributed by atoms with Crippen LogP contribution in [0, 0.1) is 38.6 Å². The molecule has 186 valence electrons. The summed E-state index contributed by atoms with van der Waals surface area (Å²) in [6, 6.07) is 25.6. The fraction of sp³-hybridized carbons (Fsp3) is 0.0690. The zero-order valence-corrected chi connectivity index (χ0v) is 20.5. The number of nitriles is 2. The van der Waals surface area contributed by atoms with Crippen LogP contribution in [0.15, 0.2) is 84.9 Å². The molecule has 0 radical (unpaired) electrons. The van der Waals surface area contributed by atoms with E-state index in [1.165, 1.54) is 29.2 Å². The maximum absolute atomic E-state index is 15.2. The van der Waals surface area contributed by atoms with Gasteiger partial charge in [0.1, 0.15) is 18.0 Å². The summed E-state index contributed by atoms with van der Waals surface area (Å²) in [6.45, 7) is 0. The Hall–Kier alpha value is -5.05. The van der Waals surface area contributed by atoms with Gasteiger partial charge in [-0.15, -0.1) is 0 Å². The first-order chi connectivity index (χ1) is 18.3. The number of halogens is 2. The van der Waals surface area contributed by atoms with Gasteiger partial charge in [0.15, 0.2) is 0 Å². The minimum absolute atomic E-state index is 0.0207. The first-order valence-electron chi connectivity index (χ1n) is 11.4. The van der Waals surface area contributed by atoms with Gasteiger partial charge in [0, 0.05) is 23.1 Å². The van der Waals surface area contributed by atoms with Crippen molar-refractivity contribution < 1.29 is 14.1 Å². The number of hydrogen-bond donors (Lipinski definition) is 0. The molecule has 0 aliphatic carbocycles. The number of hydrogen-bond acceptors (Lipinski definition) is 5. The Kier molecular flexibility index (Phi) is 7.77. The quantitative estimate of drug-likeness (QED) is 0.189. The maximum Gasteiger partial charge on any atom is 0.277 e. The van der Waals surface area contributed by atoms with Crippen LogP contribution in [0.25, 0.3) is 11.1 Å². The molecule has 0 atom stereocenters. The molecule has 0 aliphatic rings. The Morgan fingerprint density at radius 1 is 0.921 bits per heavy atom. The molecule has 0 aromatic heterocycles. The molecule has 1 amide bonds. The molecule has 0 saturated carbocycles. The summed E-state index contributed by atoms with van der Waals surface area (Å²) in [5, 5.41) is 30.6. The second kappa shape index (κ2) is 11.3. The van der Waals surface area contributed by atoms with Crippen molar-refractivity contribution in [3.63, 3.8) is 0 Å². The number of nitro benzene ring substituents is 1. The van der Waals surface area contributed by atoms with E-state index >= 15 is 4.39 Å². The van der Waals surface area contributed by atoms with Crippen LogP contribution in [0.3, 0.4) is 0 Å². The molecule has 0 spiro atoms.